The minimum atomic E-state index is -0.180. The van der Waals surface area contributed by atoms with Gasteiger partial charge in [0.2, 0.25) is 0 Å². The van der Waals surface area contributed by atoms with Gasteiger partial charge in [0.25, 0.3) is 0 Å². The molecule has 0 spiro atoms. The van der Waals surface area contributed by atoms with Crippen LogP contribution in [0.15, 0.2) is 15.3 Å². The SMILES string of the molecule is COCC(C)(C)c1nc(Br)cc(Br)n1. The molecule has 0 aliphatic carbocycles. The average Bonchev–Trinajstić information content (AvgIpc) is 2.02. The maximum Gasteiger partial charge on any atom is 0.138 e. The van der Waals surface area contributed by atoms with E-state index in [0.29, 0.717) is 6.61 Å². The van der Waals surface area contributed by atoms with E-state index in [2.05, 4.69) is 41.8 Å². The second-order valence-corrected chi connectivity index (χ2v) is 5.28. The second-order valence-electron chi connectivity index (χ2n) is 3.65. The highest BCUT2D eigenvalue weighted by atomic mass is 79.9. The summed E-state index contributed by atoms with van der Waals surface area (Å²) >= 11 is 6.67. The van der Waals surface area contributed by atoms with Crippen molar-refractivity contribution in [3.8, 4) is 0 Å². The van der Waals surface area contributed by atoms with Gasteiger partial charge in [0, 0.05) is 18.6 Å². The fraction of sp³-hybridized carbons (Fsp3) is 0.556. The molecule has 5 heteroatoms. The van der Waals surface area contributed by atoms with Gasteiger partial charge in [-0.25, -0.2) is 9.97 Å². The Balaban J connectivity index is 3.05. The molecule has 0 radical (unpaired) electrons. The highest BCUT2D eigenvalue weighted by Crippen LogP contribution is 2.23. The molecule has 1 rings (SSSR count). The Morgan fingerprint density at radius 3 is 2.21 bits per heavy atom. The molecule has 1 aromatic heterocycles. The van der Waals surface area contributed by atoms with Crippen molar-refractivity contribution >= 4 is 31.9 Å². The van der Waals surface area contributed by atoms with E-state index in [1.54, 1.807) is 7.11 Å². The average molecular weight is 324 g/mol. The van der Waals surface area contributed by atoms with Gasteiger partial charge in [-0.1, -0.05) is 13.8 Å². The lowest BCUT2D eigenvalue weighted by Gasteiger charge is -2.21. The van der Waals surface area contributed by atoms with Crippen LogP contribution >= 0.6 is 31.9 Å². The van der Waals surface area contributed by atoms with Gasteiger partial charge in [0.15, 0.2) is 0 Å². The molecule has 0 saturated heterocycles. The fourth-order valence-corrected chi connectivity index (χ4v) is 2.20. The summed E-state index contributed by atoms with van der Waals surface area (Å²) in [6, 6.07) is 1.81. The third kappa shape index (κ3) is 3.00. The molecular formula is C9H12Br2N2O. The number of hydrogen-bond acceptors (Lipinski definition) is 3. The Hall–Kier alpha value is -0.0000000000000000555. The van der Waals surface area contributed by atoms with Crippen molar-refractivity contribution in [1.82, 2.24) is 9.97 Å². The number of ether oxygens (including phenoxy) is 1. The summed E-state index contributed by atoms with van der Waals surface area (Å²) in [4.78, 5) is 8.64. The van der Waals surface area contributed by atoms with E-state index < -0.39 is 0 Å². The maximum absolute atomic E-state index is 5.13. The predicted molar refractivity (Wildman–Crippen MR) is 62.3 cm³/mol. The molecule has 0 unspecified atom stereocenters. The van der Waals surface area contributed by atoms with Crippen LogP contribution in [0.2, 0.25) is 0 Å². The molecule has 0 fully saturated rings. The lowest BCUT2D eigenvalue weighted by atomic mass is 9.94. The van der Waals surface area contributed by atoms with Crippen molar-refractivity contribution in [1.29, 1.82) is 0 Å². The third-order valence-corrected chi connectivity index (χ3v) is 2.59. The first kappa shape index (κ1) is 12.1. The Bertz CT molecular complexity index is 308. The Kier molecular flexibility index (Phi) is 4.04. The van der Waals surface area contributed by atoms with Crippen LogP contribution in [0, 0.1) is 0 Å². The second kappa shape index (κ2) is 4.68. The summed E-state index contributed by atoms with van der Waals surface area (Å²) in [6.07, 6.45) is 0. The molecule has 0 atom stereocenters. The molecule has 14 heavy (non-hydrogen) atoms. The normalized spacial score (nSPS) is 11.8. The Morgan fingerprint density at radius 1 is 1.29 bits per heavy atom. The highest BCUT2D eigenvalue weighted by Gasteiger charge is 2.24. The topological polar surface area (TPSA) is 35.0 Å². The van der Waals surface area contributed by atoms with E-state index >= 15 is 0 Å². The van der Waals surface area contributed by atoms with Crippen molar-refractivity contribution in [2.75, 3.05) is 13.7 Å². The molecule has 78 valence electrons. The number of hydrogen-bond donors (Lipinski definition) is 0. The minimum absolute atomic E-state index is 0.180. The first-order valence-electron chi connectivity index (χ1n) is 4.15. The summed E-state index contributed by atoms with van der Waals surface area (Å²) in [5.74, 6) is 0.764. The number of halogens is 2. The number of methoxy groups -OCH3 is 1. The van der Waals surface area contributed by atoms with E-state index in [4.69, 9.17) is 4.74 Å². The first-order valence-corrected chi connectivity index (χ1v) is 5.74. The van der Waals surface area contributed by atoms with Crippen LogP contribution in [0.25, 0.3) is 0 Å². The summed E-state index contributed by atoms with van der Waals surface area (Å²) in [7, 11) is 1.68. The van der Waals surface area contributed by atoms with Crippen LogP contribution in [-0.4, -0.2) is 23.7 Å². The Labute approximate surface area is 101 Å². The molecule has 0 saturated carbocycles. The van der Waals surface area contributed by atoms with Crippen LogP contribution in [0.1, 0.15) is 19.7 Å². The summed E-state index contributed by atoms with van der Waals surface area (Å²) in [6.45, 7) is 4.69. The van der Waals surface area contributed by atoms with Crippen LogP contribution < -0.4 is 0 Å². The molecule has 1 heterocycles. The summed E-state index contributed by atoms with van der Waals surface area (Å²) in [5, 5.41) is 0. The van der Waals surface area contributed by atoms with Gasteiger partial charge in [-0.3, -0.25) is 0 Å². The van der Waals surface area contributed by atoms with E-state index in [0.717, 1.165) is 15.0 Å². The smallest absolute Gasteiger partial charge is 0.138 e. The lowest BCUT2D eigenvalue weighted by molar-refractivity contribution is 0.142. The zero-order valence-corrected chi connectivity index (χ0v) is 11.5. The van der Waals surface area contributed by atoms with Crippen LogP contribution in [0.4, 0.5) is 0 Å². The molecule has 1 aromatic rings. The maximum atomic E-state index is 5.13. The van der Waals surface area contributed by atoms with Crippen molar-refractivity contribution in [3.05, 3.63) is 21.1 Å². The monoisotopic (exact) mass is 322 g/mol. The molecular weight excluding hydrogens is 312 g/mol. The molecule has 0 amide bonds. The van der Waals surface area contributed by atoms with E-state index in [1.165, 1.54) is 0 Å². The van der Waals surface area contributed by atoms with Crippen molar-refractivity contribution in [2.45, 2.75) is 19.3 Å². The highest BCUT2D eigenvalue weighted by molar-refractivity contribution is 9.11. The van der Waals surface area contributed by atoms with Crippen molar-refractivity contribution in [2.24, 2.45) is 0 Å². The van der Waals surface area contributed by atoms with Gasteiger partial charge in [0.1, 0.15) is 15.0 Å². The summed E-state index contributed by atoms with van der Waals surface area (Å²) < 4.78 is 6.68. The van der Waals surface area contributed by atoms with Gasteiger partial charge in [-0.15, -0.1) is 0 Å². The standard InChI is InChI=1S/C9H12Br2N2O/c1-9(2,5-14-3)8-12-6(10)4-7(11)13-8/h4H,5H2,1-3H3. The van der Waals surface area contributed by atoms with Gasteiger partial charge in [-0.05, 0) is 31.9 Å². The third-order valence-electron chi connectivity index (χ3n) is 1.77. The van der Waals surface area contributed by atoms with Gasteiger partial charge < -0.3 is 4.74 Å². The lowest BCUT2D eigenvalue weighted by Crippen LogP contribution is -2.26. The van der Waals surface area contributed by atoms with Crippen LogP contribution in [0.3, 0.4) is 0 Å². The van der Waals surface area contributed by atoms with Crippen LogP contribution in [-0.2, 0) is 10.2 Å². The predicted octanol–water partition coefficient (Wildman–Crippen LogP) is 2.93. The van der Waals surface area contributed by atoms with Gasteiger partial charge >= 0.3 is 0 Å². The van der Waals surface area contributed by atoms with Gasteiger partial charge in [0.05, 0.1) is 6.61 Å². The molecule has 0 aromatic carbocycles. The zero-order chi connectivity index (χ0) is 10.8. The largest absolute Gasteiger partial charge is 0.384 e. The van der Waals surface area contributed by atoms with Gasteiger partial charge in [-0.2, -0.15) is 0 Å². The molecule has 3 nitrogen and oxygen atoms in total. The number of nitrogens with zero attached hydrogens (tertiary/aromatic N) is 2. The molecule has 0 N–H and O–H groups in total. The van der Waals surface area contributed by atoms with Crippen molar-refractivity contribution < 1.29 is 4.74 Å². The summed E-state index contributed by atoms with van der Waals surface area (Å²) in [5.41, 5.74) is -0.180. The van der Waals surface area contributed by atoms with Crippen molar-refractivity contribution in [3.63, 3.8) is 0 Å². The molecule has 0 bridgehead atoms. The first-order chi connectivity index (χ1) is 6.45. The fourth-order valence-electron chi connectivity index (χ4n) is 1.12. The number of aromatic nitrogens is 2. The zero-order valence-electron chi connectivity index (χ0n) is 8.34. The van der Waals surface area contributed by atoms with E-state index in [9.17, 15) is 0 Å². The Morgan fingerprint density at radius 2 is 1.79 bits per heavy atom. The quantitative estimate of drug-likeness (QED) is 0.802. The molecule has 0 aliphatic rings. The minimum Gasteiger partial charge on any atom is -0.384 e. The molecule has 0 aliphatic heterocycles. The van der Waals surface area contributed by atoms with Crippen LogP contribution in [0.5, 0.6) is 0 Å². The number of rotatable bonds is 3. The van der Waals surface area contributed by atoms with E-state index in [-0.39, 0.29) is 5.41 Å². The van der Waals surface area contributed by atoms with E-state index in [1.807, 2.05) is 19.9 Å².